The maximum atomic E-state index is 11.6. The van der Waals surface area contributed by atoms with E-state index in [-0.39, 0.29) is 6.61 Å². The number of benzene rings is 1. The Hall–Kier alpha value is -1.22. The van der Waals surface area contributed by atoms with Crippen LogP contribution in [0, 0.1) is 15.9 Å². The molecule has 1 aromatic carbocycles. The molecule has 0 atom stereocenters. The van der Waals surface area contributed by atoms with Crippen LogP contribution in [0.25, 0.3) is 0 Å². The number of carbonyl (C=O) groups is 1. The van der Waals surface area contributed by atoms with E-state index in [1.54, 1.807) is 19.1 Å². The highest BCUT2D eigenvalue weighted by molar-refractivity contribution is 14.1. The van der Waals surface area contributed by atoms with Gasteiger partial charge in [0.1, 0.15) is 17.9 Å². The molecule has 0 amide bonds. The first-order valence-electron chi connectivity index (χ1n) is 4.72. The summed E-state index contributed by atoms with van der Waals surface area (Å²) in [5.74, 6) is 2.41. The molecular formula is C12H11IO3. The normalized spacial score (nSPS) is 9.31. The first-order valence-corrected chi connectivity index (χ1v) is 5.79. The van der Waals surface area contributed by atoms with E-state index in [4.69, 9.17) is 15.9 Å². The molecule has 0 fully saturated rings. The second-order valence-corrected chi connectivity index (χ2v) is 4.10. The van der Waals surface area contributed by atoms with Crippen molar-refractivity contribution in [3.05, 3.63) is 27.3 Å². The van der Waals surface area contributed by atoms with Gasteiger partial charge in [0.15, 0.2) is 0 Å². The SMILES string of the molecule is C#CCOc1ccc(I)cc1C(=O)OCC. The summed E-state index contributed by atoms with van der Waals surface area (Å²) in [6.07, 6.45) is 5.10. The zero-order valence-corrected chi connectivity index (χ0v) is 11.0. The Morgan fingerprint density at radius 2 is 2.31 bits per heavy atom. The average molecular weight is 330 g/mol. The number of rotatable bonds is 4. The van der Waals surface area contributed by atoms with Crippen LogP contribution in [0.1, 0.15) is 17.3 Å². The molecule has 0 aliphatic rings. The molecule has 0 spiro atoms. The quantitative estimate of drug-likeness (QED) is 0.483. The second kappa shape index (κ2) is 6.38. The van der Waals surface area contributed by atoms with Crippen molar-refractivity contribution in [2.45, 2.75) is 6.92 Å². The molecule has 0 N–H and O–H groups in total. The van der Waals surface area contributed by atoms with E-state index in [0.29, 0.717) is 17.9 Å². The predicted octanol–water partition coefficient (Wildman–Crippen LogP) is 2.48. The fraction of sp³-hybridized carbons (Fsp3) is 0.250. The molecule has 0 heterocycles. The number of hydrogen-bond acceptors (Lipinski definition) is 3. The Morgan fingerprint density at radius 3 is 2.94 bits per heavy atom. The van der Waals surface area contributed by atoms with Gasteiger partial charge >= 0.3 is 5.97 Å². The van der Waals surface area contributed by atoms with Crippen molar-refractivity contribution in [3.63, 3.8) is 0 Å². The van der Waals surface area contributed by atoms with Crippen LogP contribution in [0.5, 0.6) is 5.75 Å². The molecule has 0 bridgehead atoms. The van der Waals surface area contributed by atoms with Gasteiger partial charge < -0.3 is 9.47 Å². The molecule has 84 valence electrons. The third-order valence-corrected chi connectivity index (χ3v) is 2.42. The molecule has 0 unspecified atom stereocenters. The Kier molecular flexibility index (Phi) is 5.12. The van der Waals surface area contributed by atoms with Crippen molar-refractivity contribution in [1.29, 1.82) is 0 Å². The van der Waals surface area contributed by atoms with Crippen LogP contribution in [0.15, 0.2) is 18.2 Å². The van der Waals surface area contributed by atoms with Gasteiger partial charge in [-0.25, -0.2) is 4.79 Å². The molecule has 0 saturated carbocycles. The van der Waals surface area contributed by atoms with Crippen LogP contribution in [-0.4, -0.2) is 19.2 Å². The van der Waals surface area contributed by atoms with Gasteiger partial charge in [0.05, 0.1) is 6.61 Å². The molecule has 1 rings (SSSR count). The lowest BCUT2D eigenvalue weighted by Crippen LogP contribution is -2.08. The van der Waals surface area contributed by atoms with Crippen LogP contribution in [0.3, 0.4) is 0 Å². The Bertz CT molecular complexity index is 421. The summed E-state index contributed by atoms with van der Waals surface area (Å²) in [5.41, 5.74) is 0.406. The first-order chi connectivity index (χ1) is 7.69. The van der Waals surface area contributed by atoms with E-state index in [2.05, 4.69) is 28.5 Å². The summed E-state index contributed by atoms with van der Waals surface area (Å²) in [7, 11) is 0. The van der Waals surface area contributed by atoms with Gasteiger partial charge in [-0.2, -0.15) is 0 Å². The van der Waals surface area contributed by atoms with Crippen LogP contribution in [0.2, 0.25) is 0 Å². The maximum absolute atomic E-state index is 11.6. The summed E-state index contributed by atoms with van der Waals surface area (Å²) < 4.78 is 11.1. The molecule has 0 aliphatic carbocycles. The molecule has 1 aromatic rings. The van der Waals surface area contributed by atoms with Gasteiger partial charge in [-0.15, -0.1) is 6.42 Å². The molecule has 3 nitrogen and oxygen atoms in total. The average Bonchev–Trinajstić information content (AvgIpc) is 2.27. The monoisotopic (exact) mass is 330 g/mol. The lowest BCUT2D eigenvalue weighted by molar-refractivity contribution is 0.0522. The Labute approximate surface area is 108 Å². The Balaban J connectivity index is 2.98. The van der Waals surface area contributed by atoms with E-state index < -0.39 is 5.97 Å². The standard InChI is InChI=1S/C12H11IO3/c1-3-7-16-11-6-5-9(13)8-10(11)12(14)15-4-2/h1,5-6,8H,4,7H2,2H3. The zero-order valence-electron chi connectivity index (χ0n) is 8.83. The summed E-state index contributed by atoms with van der Waals surface area (Å²) >= 11 is 2.12. The topological polar surface area (TPSA) is 35.5 Å². The molecular weight excluding hydrogens is 319 g/mol. The molecule has 0 aromatic heterocycles. The smallest absolute Gasteiger partial charge is 0.341 e. The predicted molar refractivity (Wildman–Crippen MR) is 69.4 cm³/mol. The summed E-state index contributed by atoms with van der Waals surface area (Å²) in [5, 5.41) is 0. The third-order valence-electron chi connectivity index (χ3n) is 1.75. The van der Waals surface area contributed by atoms with Crippen molar-refractivity contribution in [3.8, 4) is 18.1 Å². The van der Waals surface area contributed by atoms with E-state index in [0.717, 1.165) is 3.57 Å². The lowest BCUT2D eigenvalue weighted by atomic mass is 10.2. The van der Waals surface area contributed by atoms with Crippen molar-refractivity contribution in [2.24, 2.45) is 0 Å². The fourth-order valence-electron chi connectivity index (χ4n) is 1.12. The fourth-order valence-corrected chi connectivity index (χ4v) is 1.61. The minimum atomic E-state index is -0.395. The highest BCUT2D eigenvalue weighted by atomic mass is 127. The molecule has 0 saturated heterocycles. The molecule has 16 heavy (non-hydrogen) atoms. The first kappa shape index (κ1) is 12.8. The summed E-state index contributed by atoms with van der Waals surface area (Å²) in [4.78, 5) is 11.6. The van der Waals surface area contributed by atoms with Crippen LogP contribution in [0.4, 0.5) is 0 Å². The van der Waals surface area contributed by atoms with Gasteiger partial charge in [-0.1, -0.05) is 5.92 Å². The number of esters is 1. The molecule has 4 heteroatoms. The largest absolute Gasteiger partial charge is 0.480 e. The highest BCUT2D eigenvalue weighted by Crippen LogP contribution is 2.22. The minimum absolute atomic E-state index is 0.132. The van der Waals surface area contributed by atoms with E-state index in [1.165, 1.54) is 0 Å². The van der Waals surface area contributed by atoms with Crippen molar-refractivity contribution in [1.82, 2.24) is 0 Å². The minimum Gasteiger partial charge on any atom is -0.480 e. The summed E-state index contributed by atoms with van der Waals surface area (Å²) in [6.45, 7) is 2.22. The van der Waals surface area contributed by atoms with E-state index in [1.807, 2.05) is 6.07 Å². The van der Waals surface area contributed by atoms with Gasteiger partial charge in [0, 0.05) is 3.57 Å². The molecule has 0 radical (unpaired) electrons. The number of hydrogen-bond donors (Lipinski definition) is 0. The van der Waals surface area contributed by atoms with Crippen LogP contribution >= 0.6 is 22.6 Å². The van der Waals surface area contributed by atoms with Gasteiger partial charge in [0.2, 0.25) is 0 Å². The number of ether oxygens (including phenoxy) is 2. The summed E-state index contributed by atoms with van der Waals surface area (Å²) in [6, 6.07) is 5.27. The van der Waals surface area contributed by atoms with Gasteiger partial charge in [-0.05, 0) is 47.7 Å². The van der Waals surface area contributed by atoms with Crippen molar-refractivity contribution >= 4 is 28.6 Å². The maximum Gasteiger partial charge on any atom is 0.341 e. The zero-order chi connectivity index (χ0) is 12.0. The van der Waals surface area contributed by atoms with Crippen LogP contribution < -0.4 is 4.74 Å². The van der Waals surface area contributed by atoms with Crippen molar-refractivity contribution in [2.75, 3.05) is 13.2 Å². The van der Waals surface area contributed by atoms with E-state index in [9.17, 15) is 4.79 Å². The van der Waals surface area contributed by atoms with Crippen LogP contribution in [-0.2, 0) is 4.74 Å². The number of carbonyl (C=O) groups excluding carboxylic acids is 1. The highest BCUT2D eigenvalue weighted by Gasteiger charge is 2.13. The van der Waals surface area contributed by atoms with Gasteiger partial charge in [0.25, 0.3) is 0 Å². The number of terminal acetylenes is 1. The third kappa shape index (κ3) is 3.42. The number of halogens is 1. The lowest BCUT2D eigenvalue weighted by Gasteiger charge is -2.09. The van der Waals surface area contributed by atoms with Gasteiger partial charge in [-0.3, -0.25) is 0 Å². The Morgan fingerprint density at radius 1 is 1.56 bits per heavy atom. The molecule has 0 aliphatic heterocycles. The second-order valence-electron chi connectivity index (χ2n) is 2.85. The van der Waals surface area contributed by atoms with Crippen molar-refractivity contribution < 1.29 is 14.3 Å². The van der Waals surface area contributed by atoms with E-state index >= 15 is 0 Å².